The Hall–Kier alpha value is -4.00. The van der Waals surface area contributed by atoms with E-state index < -0.39 is 11.8 Å². The number of carbonyl (C=O) groups is 1. The number of hydrogen-bond donors (Lipinski definition) is 4. The van der Waals surface area contributed by atoms with E-state index in [2.05, 4.69) is 15.0 Å². The maximum absolute atomic E-state index is 14.5. The molecule has 0 bridgehead atoms. The summed E-state index contributed by atoms with van der Waals surface area (Å²) in [5.74, 6) is -0.865. The minimum Gasteiger partial charge on any atom is -0.494 e. The van der Waals surface area contributed by atoms with E-state index in [9.17, 15) is 14.3 Å². The van der Waals surface area contributed by atoms with Gasteiger partial charge in [0.2, 0.25) is 0 Å². The van der Waals surface area contributed by atoms with Gasteiger partial charge in [0.25, 0.3) is 0 Å². The molecule has 0 aliphatic carbocycles. The fourth-order valence-corrected chi connectivity index (χ4v) is 4.68. The number of aromatic nitrogens is 3. The maximum atomic E-state index is 14.5. The summed E-state index contributed by atoms with van der Waals surface area (Å²) in [6.45, 7) is 6.41. The van der Waals surface area contributed by atoms with Gasteiger partial charge in [0, 0.05) is 51.4 Å². The van der Waals surface area contributed by atoms with Crippen LogP contribution in [0.3, 0.4) is 0 Å². The van der Waals surface area contributed by atoms with Gasteiger partial charge in [-0.1, -0.05) is 13.8 Å². The molecule has 0 aliphatic heterocycles. The highest BCUT2D eigenvalue weighted by atomic mass is 19.1. The van der Waals surface area contributed by atoms with Gasteiger partial charge in [-0.2, -0.15) is 0 Å². The van der Waals surface area contributed by atoms with Gasteiger partial charge < -0.3 is 24.8 Å². The third-order valence-corrected chi connectivity index (χ3v) is 5.96. The van der Waals surface area contributed by atoms with Gasteiger partial charge in [0.1, 0.15) is 17.3 Å². The molecule has 0 fully saturated rings. The number of halogens is 1. The molecule has 0 amide bonds. The number of carboxylic acid groups (broad SMARTS) is 1. The normalized spacial score (nSPS) is 11.7. The van der Waals surface area contributed by atoms with Gasteiger partial charge in [-0.25, -0.2) is 9.18 Å². The maximum Gasteiger partial charge on any atom is 0.352 e. The van der Waals surface area contributed by atoms with Crippen LogP contribution in [0.25, 0.3) is 44.2 Å². The van der Waals surface area contributed by atoms with E-state index in [0.717, 1.165) is 27.4 Å². The number of aromatic carboxylic acids is 1. The van der Waals surface area contributed by atoms with E-state index in [1.807, 2.05) is 51.2 Å². The van der Waals surface area contributed by atoms with Crippen molar-refractivity contribution in [2.24, 2.45) is 0 Å². The summed E-state index contributed by atoms with van der Waals surface area (Å²) in [5, 5.41) is 11.9. The lowest BCUT2D eigenvalue weighted by Crippen LogP contribution is -2.01. The molecule has 0 spiro atoms. The van der Waals surface area contributed by atoms with Gasteiger partial charge in [-0.3, -0.25) is 0 Å². The Bertz CT molecular complexity index is 1510. The van der Waals surface area contributed by atoms with Crippen LogP contribution >= 0.6 is 0 Å². The molecule has 4 N–H and O–H groups in total. The zero-order chi connectivity index (χ0) is 23.3. The molecule has 0 saturated heterocycles. The van der Waals surface area contributed by atoms with Crippen LogP contribution in [0.4, 0.5) is 4.39 Å². The highest BCUT2D eigenvalue weighted by molar-refractivity contribution is 6.07. The zero-order valence-corrected chi connectivity index (χ0v) is 18.5. The smallest absolute Gasteiger partial charge is 0.352 e. The van der Waals surface area contributed by atoms with Crippen LogP contribution < -0.4 is 4.74 Å². The minimum atomic E-state index is -1.08. The quantitative estimate of drug-likeness (QED) is 0.235. The van der Waals surface area contributed by atoms with Gasteiger partial charge in [0.15, 0.2) is 0 Å². The lowest BCUT2D eigenvalue weighted by Gasteiger charge is -2.15. The van der Waals surface area contributed by atoms with Crippen LogP contribution in [0.2, 0.25) is 0 Å². The number of ether oxygens (including phenoxy) is 1. The second-order valence-electron chi connectivity index (χ2n) is 8.36. The highest BCUT2D eigenvalue weighted by Crippen LogP contribution is 2.45. The Labute approximate surface area is 189 Å². The number of nitrogens with one attached hydrogen (secondary N) is 3. The zero-order valence-electron chi connectivity index (χ0n) is 18.5. The second-order valence-corrected chi connectivity index (χ2v) is 8.36. The number of fused-ring (bicyclic) bond motifs is 2. The van der Waals surface area contributed by atoms with Gasteiger partial charge >= 0.3 is 5.97 Å². The lowest BCUT2D eigenvalue weighted by atomic mass is 9.89. The summed E-state index contributed by atoms with van der Waals surface area (Å²) >= 11 is 0. The summed E-state index contributed by atoms with van der Waals surface area (Å²) < 4.78 is 20.3. The molecule has 2 aromatic carbocycles. The number of carboxylic acids is 1. The van der Waals surface area contributed by atoms with Gasteiger partial charge in [-0.15, -0.1) is 0 Å². The van der Waals surface area contributed by atoms with Crippen LogP contribution in [0.1, 0.15) is 42.7 Å². The first-order chi connectivity index (χ1) is 15.9. The van der Waals surface area contributed by atoms with Crippen LogP contribution in [0.15, 0.2) is 48.8 Å². The molecule has 3 heterocycles. The number of hydrogen-bond acceptors (Lipinski definition) is 2. The Balaban J connectivity index is 1.89. The molecule has 5 aromatic rings. The first-order valence-corrected chi connectivity index (χ1v) is 10.9. The van der Waals surface area contributed by atoms with Crippen molar-refractivity contribution < 1.29 is 19.0 Å². The minimum absolute atomic E-state index is 0.0404. The van der Waals surface area contributed by atoms with Crippen molar-refractivity contribution in [1.29, 1.82) is 0 Å². The molecule has 0 saturated carbocycles. The van der Waals surface area contributed by atoms with Crippen LogP contribution in [-0.2, 0) is 0 Å². The van der Waals surface area contributed by atoms with Crippen molar-refractivity contribution in [2.45, 2.75) is 26.7 Å². The molecule has 0 aliphatic rings. The molecule has 0 radical (unpaired) electrons. The van der Waals surface area contributed by atoms with Gasteiger partial charge in [0.05, 0.1) is 12.3 Å². The Morgan fingerprint density at radius 1 is 1.03 bits per heavy atom. The SMILES string of the molecule is CCOc1cc(-c2c(C(=O)O)[nH]c(-c3cc(F)cc4[nH]ccc34)c2C(C)C)c2cc[nH]c2c1. The van der Waals surface area contributed by atoms with E-state index >= 15 is 0 Å². The van der Waals surface area contributed by atoms with Crippen molar-refractivity contribution in [1.82, 2.24) is 15.0 Å². The lowest BCUT2D eigenvalue weighted by molar-refractivity contribution is 0.0692. The fourth-order valence-electron chi connectivity index (χ4n) is 4.68. The summed E-state index contributed by atoms with van der Waals surface area (Å²) in [6, 6.07) is 10.5. The fraction of sp³-hybridized carbons (Fsp3) is 0.192. The van der Waals surface area contributed by atoms with E-state index in [0.29, 0.717) is 34.7 Å². The summed E-state index contributed by atoms with van der Waals surface area (Å²) in [5.41, 5.74) is 4.95. The first-order valence-electron chi connectivity index (χ1n) is 10.9. The van der Waals surface area contributed by atoms with Crippen molar-refractivity contribution >= 4 is 27.8 Å². The van der Waals surface area contributed by atoms with E-state index in [-0.39, 0.29) is 11.6 Å². The summed E-state index contributed by atoms with van der Waals surface area (Å²) in [7, 11) is 0. The molecule has 7 heteroatoms. The van der Waals surface area contributed by atoms with Gasteiger partial charge in [-0.05, 0) is 54.3 Å². The average Bonchev–Trinajstić information content (AvgIpc) is 3.50. The Morgan fingerprint density at radius 2 is 1.70 bits per heavy atom. The van der Waals surface area contributed by atoms with Crippen LogP contribution in [0, 0.1) is 5.82 Å². The molecule has 33 heavy (non-hydrogen) atoms. The molecular formula is C26H24FN3O3. The standard InChI is InChI=1S/C26H24FN3O3/c1-4-33-15-11-18(16-5-7-29-21(16)12-15)23-22(13(2)3)24(30-25(23)26(31)32)19-9-14(27)10-20-17(19)6-8-28-20/h5-13,28-30H,4H2,1-3H3,(H,31,32). The van der Waals surface area contributed by atoms with Crippen LogP contribution in [-0.4, -0.2) is 32.6 Å². The predicted molar refractivity (Wildman–Crippen MR) is 128 cm³/mol. The van der Waals surface area contributed by atoms with E-state index in [1.165, 1.54) is 12.1 Å². The van der Waals surface area contributed by atoms with E-state index in [4.69, 9.17) is 4.74 Å². The Morgan fingerprint density at radius 3 is 2.33 bits per heavy atom. The second kappa shape index (κ2) is 7.85. The third-order valence-electron chi connectivity index (χ3n) is 5.96. The number of benzene rings is 2. The first kappa shape index (κ1) is 20.9. The van der Waals surface area contributed by atoms with Crippen molar-refractivity contribution in [3.8, 4) is 28.1 Å². The molecule has 0 atom stereocenters. The van der Waals surface area contributed by atoms with Crippen molar-refractivity contribution in [3.05, 3.63) is 65.9 Å². The highest BCUT2D eigenvalue weighted by Gasteiger charge is 2.28. The number of aromatic amines is 3. The number of rotatable bonds is 6. The molecule has 5 rings (SSSR count). The predicted octanol–water partition coefficient (Wildman–Crippen LogP) is 6.67. The molecule has 6 nitrogen and oxygen atoms in total. The molecular weight excluding hydrogens is 421 g/mol. The average molecular weight is 445 g/mol. The molecule has 0 unspecified atom stereocenters. The largest absolute Gasteiger partial charge is 0.494 e. The van der Waals surface area contributed by atoms with E-state index in [1.54, 1.807) is 6.20 Å². The van der Waals surface area contributed by atoms with Crippen molar-refractivity contribution in [2.75, 3.05) is 6.61 Å². The molecule has 168 valence electrons. The van der Waals surface area contributed by atoms with Crippen molar-refractivity contribution in [3.63, 3.8) is 0 Å². The monoisotopic (exact) mass is 445 g/mol. The topological polar surface area (TPSA) is 93.9 Å². The molecule has 3 aromatic heterocycles. The Kier molecular flexibility index (Phi) is 4.96. The van der Waals surface area contributed by atoms with Crippen LogP contribution in [0.5, 0.6) is 5.75 Å². The summed E-state index contributed by atoms with van der Waals surface area (Å²) in [4.78, 5) is 21.8. The summed E-state index contributed by atoms with van der Waals surface area (Å²) in [6.07, 6.45) is 3.57. The number of H-pyrrole nitrogens is 3. The third kappa shape index (κ3) is 3.36.